The van der Waals surface area contributed by atoms with Crippen molar-refractivity contribution >= 4 is 23.7 Å². The molecule has 2 aliphatic rings. The molecule has 156 valence electrons. The molecule has 0 spiro atoms. The Morgan fingerprint density at radius 2 is 1.13 bits per heavy atom. The summed E-state index contributed by atoms with van der Waals surface area (Å²) in [5.74, 6) is 0. The minimum absolute atomic E-state index is 0.199. The molecule has 2 unspecified atom stereocenters. The Labute approximate surface area is 173 Å². The number of carbonyl (C=O) groups excluding carboxylic acids is 2. The van der Waals surface area contributed by atoms with Gasteiger partial charge >= 0.3 is 12.3 Å². The number of rotatable bonds is 4. The van der Waals surface area contributed by atoms with E-state index in [4.69, 9.17) is 18.9 Å². The van der Waals surface area contributed by atoms with Gasteiger partial charge in [0.15, 0.2) is 12.2 Å². The highest BCUT2D eigenvalue weighted by Gasteiger charge is 2.40. The zero-order valence-electron chi connectivity index (χ0n) is 16.6. The van der Waals surface area contributed by atoms with Gasteiger partial charge < -0.3 is 29.6 Å². The fraction of sp³-hybridized carbons (Fsp3) is 0.273. The molecule has 2 aromatic rings. The number of hydrogen-bond acceptors (Lipinski definition) is 8. The molecule has 2 aliphatic heterocycles. The van der Waals surface area contributed by atoms with E-state index >= 15 is 0 Å². The summed E-state index contributed by atoms with van der Waals surface area (Å²) in [7, 11) is 0. The smallest absolute Gasteiger partial charge is 0.435 e. The average molecular weight is 410 g/mol. The van der Waals surface area contributed by atoms with E-state index in [-0.39, 0.29) is 13.2 Å². The van der Waals surface area contributed by atoms with Gasteiger partial charge in [-0.2, -0.15) is 0 Å². The second-order valence-electron chi connectivity index (χ2n) is 6.61. The quantitative estimate of drug-likeness (QED) is 0.689. The first kappa shape index (κ1) is 19.6. The first-order valence-corrected chi connectivity index (χ1v) is 9.75. The third-order valence-corrected chi connectivity index (χ3v) is 4.79. The summed E-state index contributed by atoms with van der Waals surface area (Å²) in [5, 5.41) is 6.59. The number of benzene rings is 2. The molecule has 2 N–H and O–H groups in total. The van der Waals surface area contributed by atoms with Crippen LogP contribution in [-0.4, -0.2) is 25.5 Å². The van der Waals surface area contributed by atoms with Crippen molar-refractivity contribution in [3.8, 4) is 0 Å². The van der Waals surface area contributed by atoms with Crippen LogP contribution in [-0.2, 0) is 18.9 Å². The lowest BCUT2D eigenvalue weighted by molar-refractivity contribution is 0.0317. The molecule has 0 aromatic heterocycles. The highest BCUT2D eigenvalue weighted by molar-refractivity contribution is 5.74. The van der Waals surface area contributed by atoms with Crippen molar-refractivity contribution in [2.24, 2.45) is 0 Å². The molecular formula is C22H22N2O6. The van der Waals surface area contributed by atoms with Crippen LogP contribution in [0.15, 0.2) is 59.9 Å². The van der Waals surface area contributed by atoms with Crippen molar-refractivity contribution in [2.75, 3.05) is 23.8 Å². The summed E-state index contributed by atoms with van der Waals surface area (Å²) in [6, 6.07) is 15.0. The number of carbonyl (C=O) groups is 2. The number of ether oxygens (including phenoxy) is 4. The van der Waals surface area contributed by atoms with Crippen LogP contribution >= 0.6 is 0 Å². The van der Waals surface area contributed by atoms with E-state index in [9.17, 15) is 9.59 Å². The SMILES string of the molecule is CCOC(=O)OC1/C(=C2\Nc3ccccc3C2OC(=O)OCC)Nc2ccccc21. The monoisotopic (exact) mass is 410 g/mol. The fourth-order valence-corrected chi connectivity index (χ4v) is 3.57. The van der Waals surface area contributed by atoms with Crippen molar-refractivity contribution in [1.29, 1.82) is 0 Å². The fourth-order valence-electron chi connectivity index (χ4n) is 3.57. The topological polar surface area (TPSA) is 95.1 Å². The standard InChI is InChI=1S/C22H22N2O6/c1-3-27-21(25)29-19-13-9-5-7-11-15(13)23-17(19)18-20(30-22(26)28-4-2)14-10-6-8-12-16(14)24-18/h5-12,19-20,23-24H,3-4H2,1-2H3/b18-17+. The zero-order chi connectivity index (χ0) is 21.1. The summed E-state index contributed by atoms with van der Waals surface area (Å²) < 4.78 is 21.2. The van der Waals surface area contributed by atoms with Crippen LogP contribution in [0.1, 0.15) is 37.2 Å². The van der Waals surface area contributed by atoms with Crippen molar-refractivity contribution in [1.82, 2.24) is 0 Å². The first-order valence-electron chi connectivity index (χ1n) is 9.75. The van der Waals surface area contributed by atoms with E-state index in [1.54, 1.807) is 13.8 Å². The van der Waals surface area contributed by atoms with Crippen molar-refractivity contribution in [3.63, 3.8) is 0 Å². The van der Waals surface area contributed by atoms with Gasteiger partial charge in [-0.3, -0.25) is 0 Å². The van der Waals surface area contributed by atoms with Gasteiger partial charge in [0.25, 0.3) is 0 Å². The lowest BCUT2D eigenvalue weighted by Gasteiger charge is -2.20. The number of fused-ring (bicyclic) bond motifs is 2. The molecule has 2 aromatic carbocycles. The van der Waals surface area contributed by atoms with Crippen LogP contribution in [0.3, 0.4) is 0 Å². The van der Waals surface area contributed by atoms with E-state index in [0.717, 1.165) is 22.5 Å². The van der Waals surface area contributed by atoms with E-state index in [2.05, 4.69) is 10.6 Å². The molecule has 8 heteroatoms. The number of para-hydroxylation sites is 2. The van der Waals surface area contributed by atoms with Crippen LogP contribution in [0, 0.1) is 0 Å². The number of nitrogens with one attached hydrogen (secondary N) is 2. The molecule has 30 heavy (non-hydrogen) atoms. The van der Waals surface area contributed by atoms with Gasteiger partial charge in [-0.25, -0.2) is 9.59 Å². The van der Waals surface area contributed by atoms with Gasteiger partial charge in [-0.05, 0) is 26.0 Å². The van der Waals surface area contributed by atoms with Crippen LogP contribution in [0.2, 0.25) is 0 Å². The molecule has 0 fully saturated rings. The van der Waals surface area contributed by atoms with Gasteiger partial charge in [0.1, 0.15) is 0 Å². The molecular weight excluding hydrogens is 388 g/mol. The van der Waals surface area contributed by atoms with Gasteiger partial charge in [-0.15, -0.1) is 0 Å². The van der Waals surface area contributed by atoms with Crippen LogP contribution in [0.4, 0.5) is 21.0 Å². The second-order valence-corrected chi connectivity index (χ2v) is 6.61. The van der Waals surface area contributed by atoms with Crippen molar-refractivity contribution in [3.05, 3.63) is 71.1 Å². The number of hydrogen-bond donors (Lipinski definition) is 2. The summed E-state index contributed by atoms with van der Waals surface area (Å²) in [6.07, 6.45) is -3.05. The molecule has 2 heterocycles. The molecule has 0 bridgehead atoms. The van der Waals surface area contributed by atoms with Crippen LogP contribution < -0.4 is 10.6 Å². The lowest BCUT2D eigenvalue weighted by atomic mass is 10.0. The molecule has 0 radical (unpaired) electrons. The first-order chi connectivity index (χ1) is 14.6. The Balaban J connectivity index is 1.76. The largest absolute Gasteiger partial charge is 0.509 e. The molecule has 0 saturated carbocycles. The van der Waals surface area contributed by atoms with Gasteiger partial charge in [0.2, 0.25) is 0 Å². The molecule has 2 atom stereocenters. The highest BCUT2D eigenvalue weighted by Crippen LogP contribution is 2.47. The normalized spacial score (nSPS) is 21.0. The van der Waals surface area contributed by atoms with E-state index in [1.165, 1.54) is 0 Å². The third kappa shape index (κ3) is 3.63. The Morgan fingerprint density at radius 1 is 0.733 bits per heavy atom. The van der Waals surface area contributed by atoms with Crippen molar-refractivity contribution < 1.29 is 28.5 Å². The number of anilines is 2. The summed E-state index contributed by atoms with van der Waals surface area (Å²) in [6.45, 7) is 3.81. The molecule has 0 amide bonds. The Bertz CT molecular complexity index is 923. The summed E-state index contributed by atoms with van der Waals surface area (Å²) in [4.78, 5) is 24.2. The van der Waals surface area contributed by atoms with Crippen molar-refractivity contribution in [2.45, 2.75) is 26.1 Å². The molecule has 0 aliphatic carbocycles. The summed E-state index contributed by atoms with van der Waals surface area (Å²) >= 11 is 0. The lowest BCUT2D eigenvalue weighted by Crippen LogP contribution is -2.20. The Kier molecular flexibility index (Phi) is 5.47. The third-order valence-electron chi connectivity index (χ3n) is 4.79. The van der Waals surface area contributed by atoms with Crippen LogP contribution in [0.25, 0.3) is 0 Å². The van der Waals surface area contributed by atoms with Crippen LogP contribution in [0.5, 0.6) is 0 Å². The van der Waals surface area contributed by atoms with E-state index in [0.29, 0.717) is 11.4 Å². The minimum atomic E-state index is -0.780. The minimum Gasteiger partial charge on any atom is -0.435 e. The maximum Gasteiger partial charge on any atom is 0.509 e. The van der Waals surface area contributed by atoms with Gasteiger partial charge in [0.05, 0.1) is 24.6 Å². The predicted octanol–water partition coefficient (Wildman–Crippen LogP) is 4.88. The van der Waals surface area contributed by atoms with E-state index < -0.39 is 24.5 Å². The Hall–Kier alpha value is -3.68. The molecule has 4 rings (SSSR count). The van der Waals surface area contributed by atoms with Gasteiger partial charge in [-0.1, -0.05) is 36.4 Å². The Morgan fingerprint density at radius 3 is 1.53 bits per heavy atom. The summed E-state index contributed by atoms with van der Waals surface area (Å²) in [5.41, 5.74) is 4.27. The zero-order valence-corrected chi connectivity index (χ0v) is 16.6. The highest BCUT2D eigenvalue weighted by atomic mass is 16.7. The maximum absolute atomic E-state index is 12.1. The maximum atomic E-state index is 12.1. The predicted molar refractivity (Wildman–Crippen MR) is 109 cm³/mol. The average Bonchev–Trinajstić information content (AvgIpc) is 3.27. The molecule has 8 nitrogen and oxygen atoms in total. The van der Waals surface area contributed by atoms with E-state index in [1.807, 2.05) is 48.5 Å². The molecule has 0 saturated heterocycles. The van der Waals surface area contributed by atoms with Gasteiger partial charge in [0, 0.05) is 22.5 Å². The second kappa shape index (κ2) is 8.36.